The van der Waals surface area contributed by atoms with Gasteiger partial charge in [0.05, 0.1) is 0 Å². The van der Waals surface area contributed by atoms with Gasteiger partial charge in [0.2, 0.25) is 0 Å². The van der Waals surface area contributed by atoms with Crippen molar-refractivity contribution < 1.29 is 4.79 Å². The lowest BCUT2D eigenvalue weighted by atomic mass is 9.69. The maximum Gasteiger partial charge on any atom is 0.270 e. The van der Waals surface area contributed by atoms with E-state index in [1.54, 1.807) is 12.3 Å². The molecule has 1 aliphatic rings. The molecule has 1 amide bonds. The number of hydrogen-bond donors (Lipinski definition) is 1. The predicted octanol–water partition coefficient (Wildman–Crippen LogP) is 4.18. The summed E-state index contributed by atoms with van der Waals surface area (Å²) in [4.78, 5) is 16.5. The van der Waals surface area contributed by atoms with E-state index in [1.165, 1.54) is 19.3 Å². The van der Waals surface area contributed by atoms with Crippen LogP contribution in [0, 0.1) is 11.3 Å². The highest BCUT2D eigenvalue weighted by Crippen LogP contribution is 2.38. The Labute approximate surface area is 129 Å². The monoisotopic (exact) mass is 338 g/mol. The number of hydrogen-bond acceptors (Lipinski definition) is 2. The first-order valence-electron chi connectivity index (χ1n) is 7.30. The number of aromatic nitrogens is 1. The van der Waals surface area contributed by atoms with E-state index in [0.29, 0.717) is 11.6 Å². The molecular weight excluding hydrogens is 316 g/mol. The molecule has 20 heavy (non-hydrogen) atoms. The van der Waals surface area contributed by atoms with Crippen LogP contribution in [-0.2, 0) is 0 Å². The minimum atomic E-state index is -0.0568. The summed E-state index contributed by atoms with van der Waals surface area (Å²) in [6, 6.07) is 3.87. The Bertz CT molecular complexity index is 464. The Balaban J connectivity index is 2.07. The van der Waals surface area contributed by atoms with Crippen molar-refractivity contribution in [2.24, 2.45) is 11.3 Å². The Hall–Kier alpha value is -0.900. The van der Waals surface area contributed by atoms with E-state index in [1.807, 2.05) is 6.07 Å². The van der Waals surface area contributed by atoms with Gasteiger partial charge in [0.1, 0.15) is 5.69 Å². The molecule has 0 spiro atoms. The van der Waals surface area contributed by atoms with Crippen LogP contribution in [0.4, 0.5) is 0 Å². The molecule has 1 aromatic rings. The molecule has 4 heteroatoms. The van der Waals surface area contributed by atoms with Crippen molar-refractivity contribution in [1.82, 2.24) is 10.3 Å². The maximum atomic E-state index is 12.3. The van der Waals surface area contributed by atoms with Crippen LogP contribution in [0.15, 0.2) is 22.8 Å². The topological polar surface area (TPSA) is 42.0 Å². The first-order chi connectivity index (χ1) is 9.38. The number of amides is 1. The highest BCUT2D eigenvalue weighted by molar-refractivity contribution is 9.10. The van der Waals surface area contributed by atoms with Crippen molar-refractivity contribution in [2.45, 2.75) is 52.5 Å². The SMILES string of the molecule is CC(C)(C)C1CCCCC1NC(=O)c1ccc(Br)cn1. The fourth-order valence-corrected chi connectivity index (χ4v) is 3.33. The molecule has 0 bridgehead atoms. The number of rotatable bonds is 2. The van der Waals surface area contributed by atoms with E-state index in [0.717, 1.165) is 10.9 Å². The smallest absolute Gasteiger partial charge is 0.270 e. The van der Waals surface area contributed by atoms with Gasteiger partial charge < -0.3 is 5.32 Å². The van der Waals surface area contributed by atoms with Crippen LogP contribution < -0.4 is 5.32 Å². The summed E-state index contributed by atoms with van der Waals surface area (Å²) >= 11 is 3.33. The third kappa shape index (κ3) is 3.81. The van der Waals surface area contributed by atoms with Gasteiger partial charge in [-0.05, 0) is 52.2 Å². The summed E-state index contributed by atoms with van der Waals surface area (Å²) in [6.45, 7) is 6.79. The summed E-state index contributed by atoms with van der Waals surface area (Å²) in [5.41, 5.74) is 0.720. The van der Waals surface area contributed by atoms with Gasteiger partial charge in [-0.1, -0.05) is 33.6 Å². The molecule has 0 aliphatic heterocycles. The molecule has 2 atom stereocenters. The molecule has 110 valence electrons. The Kier molecular flexibility index (Phi) is 4.84. The van der Waals surface area contributed by atoms with Crippen molar-refractivity contribution >= 4 is 21.8 Å². The number of carbonyl (C=O) groups excluding carboxylic acids is 1. The third-order valence-electron chi connectivity index (χ3n) is 4.15. The average molecular weight is 339 g/mol. The van der Waals surface area contributed by atoms with Crippen LogP contribution in [0.5, 0.6) is 0 Å². The fraction of sp³-hybridized carbons (Fsp3) is 0.625. The fourth-order valence-electron chi connectivity index (χ4n) is 3.09. The van der Waals surface area contributed by atoms with Gasteiger partial charge in [-0.2, -0.15) is 0 Å². The Morgan fingerprint density at radius 1 is 1.30 bits per heavy atom. The Morgan fingerprint density at radius 2 is 2.00 bits per heavy atom. The number of halogens is 1. The van der Waals surface area contributed by atoms with Crippen LogP contribution >= 0.6 is 15.9 Å². The molecule has 2 unspecified atom stereocenters. The zero-order valence-corrected chi connectivity index (χ0v) is 14.0. The second kappa shape index (κ2) is 6.25. The third-order valence-corrected chi connectivity index (χ3v) is 4.62. The first-order valence-corrected chi connectivity index (χ1v) is 8.09. The minimum absolute atomic E-state index is 0.0568. The lowest BCUT2D eigenvalue weighted by Gasteiger charge is -2.40. The van der Waals surface area contributed by atoms with Crippen LogP contribution in [0.25, 0.3) is 0 Å². The molecule has 1 aliphatic carbocycles. The molecule has 1 heterocycles. The zero-order chi connectivity index (χ0) is 14.8. The molecule has 0 saturated heterocycles. The maximum absolute atomic E-state index is 12.3. The molecule has 2 rings (SSSR count). The second-order valence-electron chi connectivity index (χ2n) is 6.70. The summed E-state index contributed by atoms with van der Waals surface area (Å²) in [6.07, 6.45) is 6.40. The van der Waals surface area contributed by atoms with Gasteiger partial charge in [0, 0.05) is 16.7 Å². The van der Waals surface area contributed by atoms with E-state index in [-0.39, 0.29) is 17.4 Å². The summed E-state index contributed by atoms with van der Waals surface area (Å²) in [5, 5.41) is 3.19. The van der Waals surface area contributed by atoms with Crippen LogP contribution in [0.2, 0.25) is 0 Å². The van der Waals surface area contributed by atoms with Gasteiger partial charge in [-0.15, -0.1) is 0 Å². The summed E-state index contributed by atoms with van der Waals surface area (Å²) in [5.74, 6) is 0.481. The quantitative estimate of drug-likeness (QED) is 0.878. The normalized spacial score (nSPS) is 23.4. The van der Waals surface area contributed by atoms with E-state index in [2.05, 4.69) is 47.0 Å². The number of pyridine rings is 1. The molecule has 1 aromatic heterocycles. The van der Waals surface area contributed by atoms with Crippen LogP contribution in [-0.4, -0.2) is 16.9 Å². The molecular formula is C16H23BrN2O. The number of carbonyl (C=O) groups is 1. The molecule has 3 nitrogen and oxygen atoms in total. The van der Waals surface area contributed by atoms with Crippen molar-refractivity contribution in [3.8, 4) is 0 Å². The van der Waals surface area contributed by atoms with Gasteiger partial charge >= 0.3 is 0 Å². The van der Waals surface area contributed by atoms with Gasteiger partial charge in [-0.25, -0.2) is 4.98 Å². The Morgan fingerprint density at radius 3 is 2.60 bits per heavy atom. The van der Waals surface area contributed by atoms with Gasteiger partial charge in [0.15, 0.2) is 0 Å². The van der Waals surface area contributed by atoms with Gasteiger partial charge in [0.25, 0.3) is 5.91 Å². The molecule has 1 saturated carbocycles. The zero-order valence-electron chi connectivity index (χ0n) is 12.4. The second-order valence-corrected chi connectivity index (χ2v) is 7.61. The molecule has 1 N–H and O–H groups in total. The molecule has 1 fully saturated rings. The van der Waals surface area contributed by atoms with E-state index in [9.17, 15) is 4.79 Å². The van der Waals surface area contributed by atoms with Crippen molar-refractivity contribution in [3.05, 3.63) is 28.5 Å². The summed E-state index contributed by atoms with van der Waals surface area (Å²) in [7, 11) is 0. The number of nitrogens with one attached hydrogen (secondary N) is 1. The van der Waals surface area contributed by atoms with Crippen molar-refractivity contribution in [3.63, 3.8) is 0 Å². The summed E-state index contributed by atoms with van der Waals surface area (Å²) < 4.78 is 0.888. The standard InChI is InChI=1S/C16H23BrN2O/c1-16(2,3)12-6-4-5-7-13(12)19-15(20)14-9-8-11(17)10-18-14/h8-10,12-13H,4-7H2,1-3H3,(H,19,20). The largest absolute Gasteiger partial charge is 0.348 e. The molecule has 0 radical (unpaired) electrons. The highest BCUT2D eigenvalue weighted by Gasteiger charge is 2.35. The van der Waals surface area contributed by atoms with Crippen molar-refractivity contribution in [2.75, 3.05) is 0 Å². The van der Waals surface area contributed by atoms with E-state index >= 15 is 0 Å². The first kappa shape index (κ1) is 15.5. The minimum Gasteiger partial charge on any atom is -0.348 e. The van der Waals surface area contributed by atoms with Crippen LogP contribution in [0.3, 0.4) is 0 Å². The van der Waals surface area contributed by atoms with E-state index in [4.69, 9.17) is 0 Å². The lowest BCUT2D eigenvalue weighted by Crippen LogP contribution is -2.46. The van der Waals surface area contributed by atoms with Crippen molar-refractivity contribution in [1.29, 1.82) is 0 Å². The average Bonchev–Trinajstić information content (AvgIpc) is 2.38. The van der Waals surface area contributed by atoms with E-state index < -0.39 is 0 Å². The highest BCUT2D eigenvalue weighted by atomic mass is 79.9. The lowest BCUT2D eigenvalue weighted by molar-refractivity contribution is 0.0825. The predicted molar refractivity (Wildman–Crippen MR) is 84.6 cm³/mol. The van der Waals surface area contributed by atoms with Gasteiger partial charge in [-0.3, -0.25) is 4.79 Å². The molecule has 0 aromatic carbocycles. The number of nitrogens with zero attached hydrogens (tertiary/aromatic N) is 1. The van der Waals surface area contributed by atoms with Crippen LogP contribution in [0.1, 0.15) is 56.9 Å².